The Bertz CT molecular complexity index is 1650. The average Bonchev–Trinajstić information content (AvgIpc) is 3.30. The van der Waals surface area contributed by atoms with E-state index in [9.17, 15) is 28.1 Å². The Hall–Kier alpha value is -4.23. The van der Waals surface area contributed by atoms with E-state index in [2.05, 4.69) is 0 Å². The first-order valence-corrected chi connectivity index (χ1v) is 14.3. The highest BCUT2D eigenvalue weighted by Crippen LogP contribution is 2.40. The van der Waals surface area contributed by atoms with Gasteiger partial charge in [0.2, 0.25) is 0 Å². The molecule has 0 N–H and O–H groups in total. The van der Waals surface area contributed by atoms with E-state index in [1.807, 2.05) is 0 Å². The van der Waals surface area contributed by atoms with Gasteiger partial charge >= 0.3 is 12.1 Å². The van der Waals surface area contributed by atoms with Crippen LogP contribution in [0.25, 0.3) is 10.9 Å². The first-order valence-electron chi connectivity index (χ1n) is 12.8. The summed E-state index contributed by atoms with van der Waals surface area (Å²) in [6, 6.07) is 10.7. The van der Waals surface area contributed by atoms with Gasteiger partial charge in [-0.05, 0) is 58.4 Å². The fourth-order valence-electron chi connectivity index (χ4n) is 4.64. The van der Waals surface area contributed by atoms with Crippen molar-refractivity contribution in [3.05, 3.63) is 76.0 Å². The number of para-hydroxylation sites is 1. The summed E-state index contributed by atoms with van der Waals surface area (Å²) < 4.78 is 46.7. The molecule has 2 heterocycles. The van der Waals surface area contributed by atoms with Crippen LogP contribution in [0.2, 0.25) is 0 Å². The highest BCUT2D eigenvalue weighted by Gasteiger charge is 2.42. The molecular weight excluding hydrogens is 554 g/mol. The van der Waals surface area contributed by atoms with Crippen LogP contribution in [-0.4, -0.2) is 60.1 Å². The highest BCUT2D eigenvalue weighted by atomic mass is 32.2. The molecule has 12 nitrogen and oxygen atoms in total. The molecule has 0 radical (unpaired) electrons. The van der Waals surface area contributed by atoms with Crippen molar-refractivity contribution in [3.63, 3.8) is 0 Å². The van der Waals surface area contributed by atoms with Crippen molar-refractivity contribution in [3.8, 4) is 5.75 Å². The Morgan fingerprint density at radius 3 is 2.46 bits per heavy atom. The summed E-state index contributed by atoms with van der Waals surface area (Å²) >= 11 is 0. The normalized spacial score (nSPS) is 16.2. The zero-order valence-electron chi connectivity index (χ0n) is 23.3. The molecule has 0 aliphatic carbocycles. The summed E-state index contributed by atoms with van der Waals surface area (Å²) in [6.07, 6.45) is 0.787. The zero-order chi connectivity index (χ0) is 30.1. The maximum absolute atomic E-state index is 14.1. The number of hydrogen-bond acceptors (Lipinski definition) is 9. The van der Waals surface area contributed by atoms with Crippen molar-refractivity contribution in [1.29, 1.82) is 0 Å². The molecule has 13 heteroatoms. The van der Waals surface area contributed by atoms with Crippen LogP contribution in [0.15, 0.2) is 65.1 Å². The van der Waals surface area contributed by atoms with E-state index >= 15 is 0 Å². The molecule has 0 saturated carbocycles. The minimum atomic E-state index is -4.59. The summed E-state index contributed by atoms with van der Waals surface area (Å²) in [5.41, 5.74) is -0.743. The molecular formula is C28H31N3O9S. The van der Waals surface area contributed by atoms with Gasteiger partial charge in [-0.2, -0.15) is 4.31 Å². The van der Waals surface area contributed by atoms with Crippen LogP contribution >= 0.6 is 0 Å². The number of nitro benzene ring substituents is 1. The fraction of sp³-hybridized carbons (Fsp3) is 0.357. The van der Waals surface area contributed by atoms with Gasteiger partial charge in [0.1, 0.15) is 11.4 Å². The number of nitrogens with zero attached hydrogens (tertiary/aromatic N) is 3. The fourth-order valence-corrected chi connectivity index (χ4v) is 6.39. The van der Waals surface area contributed by atoms with Crippen molar-refractivity contribution < 1.29 is 37.1 Å². The Kier molecular flexibility index (Phi) is 8.22. The zero-order valence-corrected chi connectivity index (χ0v) is 24.1. The van der Waals surface area contributed by atoms with Crippen LogP contribution in [-0.2, 0) is 24.3 Å². The van der Waals surface area contributed by atoms with Crippen LogP contribution < -0.4 is 4.74 Å². The van der Waals surface area contributed by atoms with Gasteiger partial charge in [-0.3, -0.25) is 10.1 Å². The van der Waals surface area contributed by atoms with Gasteiger partial charge in [-0.15, -0.1) is 0 Å². The summed E-state index contributed by atoms with van der Waals surface area (Å²) in [7, 11) is -3.11. The smallest absolute Gasteiger partial charge is 0.419 e. The third kappa shape index (κ3) is 5.95. The molecule has 0 saturated heterocycles. The lowest BCUT2D eigenvalue weighted by Gasteiger charge is -2.34. The number of carbonyl (C=O) groups is 2. The van der Waals surface area contributed by atoms with Gasteiger partial charge in [0.25, 0.3) is 15.7 Å². The van der Waals surface area contributed by atoms with Crippen molar-refractivity contribution in [1.82, 2.24) is 8.87 Å². The topological polar surface area (TPSA) is 147 Å². The number of ether oxygens (including phenoxy) is 3. The molecule has 4 rings (SSSR count). The predicted molar refractivity (Wildman–Crippen MR) is 149 cm³/mol. The predicted octanol–water partition coefficient (Wildman–Crippen LogP) is 4.97. The SMILES string of the molecule is CCOC(=O)C1=CCC(c2cc3ccc(OC)cc3n2C(=O)OC(C)(C)C)N(S(=O)(=O)c2ccccc2[N+](=O)[O-])C1. The second-order valence-electron chi connectivity index (χ2n) is 10.3. The first-order chi connectivity index (χ1) is 19.3. The molecule has 3 aromatic rings. The molecule has 1 atom stereocenters. The molecule has 0 fully saturated rings. The number of sulfonamides is 1. The number of nitro groups is 1. The highest BCUT2D eigenvalue weighted by molar-refractivity contribution is 7.89. The second-order valence-corrected chi connectivity index (χ2v) is 12.1. The maximum Gasteiger partial charge on any atom is 0.419 e. The number of aromatic nitrogens is 1. The minimum absolute atomic E-state index is 0.0235. The number of hydrogen-bond donors (Lipinski definition) is 0. The average molecular weight is 586 g/mol. The molecule has 218 valence electrons. The number of fused-ring (bicyclic) bond motifs is 1. The number of methoxy groups -OCH3 is 1. The molecule has 2 aromatic carbocycles. The monoisotopic (exact) mass is 585 g/mol. The third-order valence-corrected chi connectivity index (χ3v) is 8.31. The Labute approximate surface area is 237 Å². The van der Waals surface area contributed by atoms with Crippen molar-refractivity contribution in [2.45, 2.75) is 50.7 Å². The molecule has 1 unspecified atom stereocenters. The van der Waals surface area contributed by atoms with Crippen LogP contribution in [0.4, 0.5) is 10.5 Å². The Morgan fingerprint density at radius 1 is 1.12 bits per heavy atom. The number of esters is 1. The summed E-state index contributed by atoms with van der Waals surface area (Å²) in [4.78, 5) is 36.7. The van der Waals surface area contributed by atoms with Gasteiger partial charge in [0.15, 0.2) is 4.90 Å². The van der Waals surface area contributed by atoms with Gasteiger partial charge < -0.3 is 14.2 Å². The van der Waals surface area contributed by atoms with E-state index < -0.39 is 55.8 Å². The van der Waals surface area contributed by atoms with Gasteiger partial charge in [-0.25, -0.2) is 22.6 Å². The molecule has 0 bridgehead atoms. The first kappa shape index (κ1) is 29.7. The quantitative estimate of drug-likeness (QED) is 0.213. The van der Waals surface area contributed by atoms with Gasteiger partial charge in [0.05, 0.1) is 30.2 Å². The van der Waals surface area contributed by atoms with Crippen LogP contribution in [0, 0.1) is 10.1 Å². The van der Waals surface area contributed by atoms with Crippen molar-refractivity contribution in [2.24, 2.45) is 0 Å². The lowest BCUT2D eigenvalue weighted by atomic mass is 10.0. The summed E-state index contributed by atoms with van der Waals surface area (Å²) in [6.45, 7) is 6.38. The molecule has 0 spiro atoms. The van der Waals surface area contributed by atoms with E-state index in [0.717, 1.165) is 16.4 Å². The number of rotatable bonds is 7. The summed E-state index contributed by atoms with van der Waals surface area (Å²) in [5.74, 6) is -0.240. The van der Waals surface area contributed by atoms with Crippen LogP contribution in [0.1, 0.15) is 45.9 Å². The summed E-state index contributed by atoms with van der Waals surface area (Å²) in [5, 5.41) is 12.4. The van der Waals surface area contributed by atoms with E-state index in [4.69, 9.17) is 14.2 Å². The lowest BCUT2D eigenvalue weighted by Crippen LogP contribution is -2.41. The maximum atomic E-state index is 14.1. The Morgan fingerprint density at radius 2 is 1.83 bits per heavy atom. The van der Waals surface area contributed by atoms with Crippen LogP contribution in [0.3, 0.4) is 0 Å². The largest absolute Gasteiger partial charge is 0.497 e. The van der Waals surface area contributed by atoms with Crippen molar-refractivity contribution in [2.75, 3.05) is 20.3 Å². The molecule has 1 aromatic heterocycles. The number of carbonyl (C=O) groups excluding carboxylic acids is 2. The molecule has 1 aliphatic heterocycles. The van der Waals surface area contributed by atoms with E-state index in [1.165, 1.54) is 23.8 Å². The van der Waals surface area contributed by atoms with Gasteiger partial charge in [-0.1, -0.05) is 18.2 Å². The molecule has 1 aliphatic rings. The van der Waals surface area contributed by atoms with Crippen LogP contribution in [0.5, 0.6) is 5.75 Å². The Balaban J connectivity index is 1.96. The minimum Gasteiger partial charge on any atom is -0.497 e. The molecule has 0 amide bonds. The van der Waals surface area contributed by atoms with Crippen molar-refractivity contribution >= 4 is 38.7 Å². The van der Waals surface area contributed by atoms with E-state index in [0.29, 0.717) is 16.7 Å². The standard InChI is InChI=1S/C28H31N3O9S/c1-6-39-26(32)19-12-14-21(29(17-19)41(36,37)25-10-8-7-9-22(25)31(34)35)24-15-18-11-13-20(38-5)16-23(18)30(24)27(33)40-28(2,3)4/h7-13,15-16,21H,6,14,17H2,1-5H3. The third-order valence-electron chi connectivity index (χ3n) is 6.41. The lowest BCUT2D eigenvalue weighted by molar-refractivity contribution is -0.387. The van der Waals surface area contributed by atoms with E-state index in [1.54, 1.807) is 58.0 Å². The van der Waals surface area contributed by atoms with Gasteiger partial charge in [0, 0.05) is 35.3 Å². The second kappa shape index (κ2) is 11.3. The number of benzene rings is 2. The van der Waals surface area contributed by atoms with E-state index in [-0.39, 0.29) is 24.3 Å². The molecule has 41 heavy (non-hydrogen) atoms.